The van der Waals surface area contributed by atoms with E-state index < -0.39 is 14.2 Å². The molecule has 0 bridgehead atoms. The van der Waals surface area contributed by atoms with E-state index in [9.17, 15) is 4.79 Å². The second-order valence-electron chi connectivity index (χ2n) is 6.58. The second-order valence-corrected chi connectivity index (χ2v) is 10.9. The summed E-state index contributed by atoms with van der Waals surface area (Å²) in [4.78, 5) is 11.1. The average molecular weight is 326 g/mol. The lowest BCUT2D eigenvalue weighted by Gasteiger charge is -2.43. The van der Waals surface area contributed by atoms with Gasteiger partial charge in [0.15, 0.2) is 0 Å². The number of amides is 1. The van der Waals surface area contributed by atoms with Crippen LogP contribution >= 0.6 is 0 Å². The molecule has 0 heterocycles. The molecule has 0 fully saturated rings. The van der Waals surface area contributed by atoms with Crippen LogP contribution in [-0.4, -0.2) is 20.8 Å². The van der Waals surface area contributed by atoms with Crippen LogP contribution in [0, 0.1) is 6.42 Å². The highest BCUT2D eigenvalue weighted by molar-refractivity contribution is 6.99. The van der Waals surface area contributed by atoms with E-state index in [-0.39, 0.29) is 11.6 Å². The number of hydrogen-bond acceptors (Lipinski definition) is 2. The fourth-order valence-corrected chi connectivity index (χ4v) is 7.50. The highest BCUT2D eigenvalue weighted by Gasteiger charge is 2.49. The van der Waals surface area contributed by atoms with Crippen LogP contribution in [0.4, 0.5) is 0 Å². The first-order valence-corrected chi connectivity index (χ1v) is 9.66. The number of carbonyl (C=O) groups is 1. The summed E-state index contributed by atoms with van der Waals surface area (Å²) in [7, 11) is -2.56. The Hall–Kier alpha value is -1.91. The third-order valence-electron chi connectivity index (χ3n) is 4.00. The lowest BCUT2D eigenvalue weighted by molar-refractivity contribution is -0.115. The molecule has 0 unspecified atom stereocenters. The molecule has 4 heteroatoms. The molecule has 2 N–H and O–H groups in total. The Morgan fingerprint density at radius 1 is 1.00 bits per heavy atom. The van der Waals surface area contributed by atoms with Gasteiger partial charge in [-0.25, -0.2) is 0 Å². The maximum Gasteiger partial charge on any atom is 0.261 e. The number of carbonyl (C=O) groups excluding carboxylic acids is 1. The Labute approximate surface area is 139 Å². The predicted molar refractivity (Wildman–Crippen MR) is 97.1 cm³/mol. The molecule has 2 aromatic rings. The van der Waals surface area contributed by atoms with E-state index >= 15 is 0 Å². The monoisotopic (exact) mass is 326 g/mol. The van der Waals surface area contributed by atoms with Gasteiger partial charge in [0.25, 0.3) is 8.32 Å². The predicted octanol–water partition coefficient (Wildman–Crippen LogP) is 2.25. The van der Waals surface area contributed by atoms with Gasteiger partial charge in [-0.2, -0.15) is 0 Å². The van der Waals surface area contributed by atoms with Crippen molar-refractivity contribution in [2.75, 3.05) is 6.61 Å². The van der Waals surface area contributed by atoms with Gasteiger partial charge in [0.2, 0.25) is 5.91 Å². The second kappa shape index (κ2) is 7.11. The molecular formula is C19H24NO2Si. The Kier molecular flexibility index (Phi) is 5.39. The van der Waals surface area contributed by atoms with Gasteiger partial charge in [0.05, 0.1) is 6.42 Å². The summed E-state index contributed by atoms with van der Waals surface area (Å²) in [6, 6.07) is 20.6. The van der Waals surface area contributed by atoms with Crippen LogP contribution in [0.5, 0.6) is 0 Å². The summed E-state index contributed by atoms with van der Waals surface area (Å²) in [5.74, 6) is -0.456. The zero-order chi connectivity index (χ0) is 16.9. The van der Waals surface area contributed by atoms with E-state index in [2.05, 4.69) is 45.0 Å². The average Bonchev–Trinajstić information content (AvgIpc) is 2.52. The van der Waals surface area contributed by atoms with Crippen LogP contribution in [-0.2, 0) is 9.22 Å². The van der Waals surface area contributed by atoms with Gasteiger partial charge < -0.3 is 10.2 Å². The highest BCUT2D eigenvalue weighted by Crippen LogP contribution is 2.36. The third kappa shape index (κ3) is 3.71. The fourth-order valence-electron chi connectivity index (χ4n) is 3.01. The van der Waals surface area contributed by atoms with Crippen molar-refractivity contribution in [3.05, 3.63) is 67.1 Å². The largest absolute Gasteiger partial charge is 0.407 e. The minimum atomic E-state index is -2.56. The number of primary amides is 1. The van der Waals surface area contributed by atoms with E-state index in [1.807, 2.05) is 36.4 Å². The van der Waals surface area contributed by atoms with Crippen molar-refractivity contribution in [2.24, 2.45) is 5.73 Å². The molecule has 2 aromatic carbocycles. The summed E-state index contributed by atoms with van der Waals surface area (Å²) in [5.41, 5.74) is 5.25. The van der Waals surface area contributed by atoms with Crippen molar-refractivity contribution in [3.8, 4) is 0 Å². The normalized spacial score (nSPS) is 12.1. The minimum absolute atomic E-state index is 0.0960. The molecular weight excluding hydrogens is 302 g/mol. The first kappa shape index (κ1) is 17.4. The van der Waals surface area contributed by atoms with Gasteiger partial charge in [0, 0.05) is 6.61 Å². The van der Waals surface area contributed by atoms with E-state index in [1.165, 1.54) is 16.8 Å². The fraction of sp³-hybridized carbons (Fsp3) is 0.263. The van der Waals surface area contributed by atoms with Gasteiger partial charge in [-0.3, -0.25) is 4.79 Å². The van der Waals surface area contributed by atoms with Crippen molar-refractivity contribution in [1.29, 1.82) is 0 Å². The zero-order valence-electron chi connectivity index (χ0n) is 14.0. The molecule has 0 saturated heterocycles. The number of rotatable bonds is 6. The summed E-state index contributed by atoms with van der Waals surface area (Å²) >= 11 is 0. The highest BCUT2D eigenvalue weighted by atomic mass is 28.4. The summed E-state index contributed by atoms with van der Waals surface area (Å²) in [6.45, 7) is 6.82. The van der Waals surface area contributed by atoms with Gasteiger partial charge in [0.1, 0.15) is 0 Å². The molecule has 0 spiro atoms. The van der Waals surface area contributed by atoms with E-state index in [0.717, 1.165) is 0 Å². The van der Waals surface area contributed by atoms with E-state index in [0.29, 0.717) is 0 Å². The molecule has 3 nitrogen and oxygen atoms in total. The molecule has 23 heavy (non-hydrogen) atoms. The van der Waals surface area contributed by atoms with Gasteiger partial charge in [-0.05, 0) is 15.4 Å². The Morgan fingerprint density at radius 3 is 1.78 bits per heavy atom. The van der Waals surface area contributed by atoms with Crippen molar-refractivity contribution >= 4 is 24.6 Å². The molecule has 1 amide bonds. The first-order chi connectivity index (χ1) is 10.9. The van der Waals surface area contributed by atoms with Crippen molar-refractivity contribution in [2.45, 2.75) is 25.8 Å². The maximum absolute atomic E-state index is 11.1. The standard InChI is InChI=1S/C19H24NO2Si/c1-19(2,3)23(22-15-14-18(20)21,16-10-6-4-7-11-16)17-12-8-5-9-13-17/h4-14H,15H2,1-3H3,(H2,20,21). The van der Waals surface area contributed by atoms with Crippen LogP contribution in [0.15, 0.2) is 60.7 Å². The van der Waals surface area contributed by atoms with Gasteiger partial charge in [-0.1, -0.05) is 81.4 Å². The van der Waals surface area contributed by atoms with Gasteiger partial charge >= 0.3 is 0 Å². The molecule has 0 aromatic heterocycles. The summed E-state index contributed by atoms with van der Waals surface area (Å²) in [5, 5.41) is 2.29. The number of hydrogen-bond donors (Lipinski definition) is 1. The first-order valence-electron chi connectivity index (χ1n) is 7.75. The third-order valence-corrected chi connectivity index (χ3v) is 9.01. The number of benzene rings is 2. The maximum atomic E-state index is 11.1. The molecule has 0 saturated carbocycles. The lowest BCUT2D eigenvalue weighted by Crippen LogP contribution is -2.66. The summed E-state index contributed by atoms with van der Waals surface area (Å²) < 4.78 is 6.46. The van der Waals surface area contributed by atoms with Crippen LogP contribution in [0.3, 0.4) is 0 Å². The zero-order valence-corrected chi connectivity index (χ0v) is 15.0. The topological polar surface area (TPSA) is 52.3 Å². The van der Waals surface area contributed by atoms with Crippen molar-refractivity contribution in [1.82, 2.24) is 0 Å². The van der Waals surface area contributed by atoms with Crippen LogP contribution in [0.2, 0.25) is 5.04 Å². The molecule has 0 atom stereocenters. The number of nitrogens with two attached hydrogens (primary N) is 1. The quantitative estimate of drug-likeness (QED) is 0.828. The molecule has 0 aliphatic heterocycles. The Balaban J connectivity index is 2.57. The van der Waals surface area contributed by atoms with Crippen LogP contribution in [0.1, 0.15) is 20.8 Å². The van der Waals surface area contributed by atoms with Crippen LogP contribution in [0.25, 0.3) is 0 Å². The van der Waals surface area contributed by atoms with Crippen LogP contribution < -0.4 is 16.1 Å². The SMILES string of the molecule is CC(C)(C)[Si](OC[CH]C(N)=O)(c1ccccc1)c1ccccc1. The lowest BCUT2D eigenvalue weighted by atomic mass is 10.2. The smallest absolute Gasteiger partial charge is 0.261 e. The molecule has 1 radical (unpaired) electrons. The minimum Gasteiger partial charge on any atom is -0.407 e. The van der Waals surface area contributed by atoms with E-state index in [4.69, 9.17) is 10.2 Å². The Morgan fingerprint density at radius 2 is 1.43 bits per heavy atom. The van der Waals surface area contributed by atoms with E-state index in [1.54, 1.807) is 0 Å². The Bertz CT molecular complexity index is 596. The van der Waals surface area contributed by atoms with Crippen molar-refractivity contribution in [3.63, 3.8) is 0 Å². The molecule has 0 aliphatic carbocycles. The molecule has 0 aliphatic rings. The molecule has 2 rings (SSSR count). The molecule has 121 valence electrons. The van der Waals surface area contributed by atoms with Crippen molar-refractivity contribution < 1.29 is 9.22 Å². The summed E-state index contributed by atoms with van der Waals surface area (Å²) in [6.07, 6.45) is 1.40. The van der Waals surface area contributed by atoms with Gasteiger partial charge in [-0.15, -0.1) is 0 Å².